The molecule has 6 heteroatoms. The first-order chi connectivity index (χ1) is 13.7. The number of nitrogens with zero attached hydrogens (tertiary/aromatic N) is 3. The minimum atomic E-state index is -0.149. The van der Waals surface area contributed by atoms with Gasteiger partial charge in [0.1, 0.15) is 11.4 Å². The molecule has 0 radical (unpaired) electrons. The van der Waals surface area contributed by atoms with Gasteiger partial charge in [-0.25, -0.2) is 4.98 Å². The van der Waals surface area contributed by atoms with E-state index >= 15 is 0 Å². The first kappa shape index (κ1) is 18.5. The van der Waals surface area contributed by atoms with Gasteiger partial charge in [-0.3, -0.25) is 4.79 Å². The molecule has 1 saturated heterocycles. The van der Waals surface area contributed by atoms with Gasteiger partial charge in [0, 0.05) is 43.4 Å². The monoisotopic (exact) mass is 379 g/mol. The maximum absolute atomic E-state index is 13.1. The number of ether oxygens (including phenoxy) is 2. The molecular weight excluding hydrogens is 354 g/mol. The number of hydrogen-bond acceptors (Lipinski definition) is 4. The molecular formula is C22H25N3O3. The van der Waals surface area contributed by atoms with Crippen LogP contribution >= 0.6 is 0 Å². The minimum Gasteiger partial charge on any atom is -0.496 e. The van der Waals surface area contributed by atoms with Crippen molar-refractivity contribution in [3.8, 4) is 5.75 Å². The second-order valence-corrected chi connectivity index (χ2v) is 7.11. The molecule has 3 heterocycles. The summed E-state index contributed by atoms with van der Waals surface area (Å²) in [4.78, 5) is 19.5. The number of hydrogen-bond donors (Lipinski definition) is 0. The molecule has 0 aliphatic carbocycles. The lowest BCUT2D eigenvalue weighted by molar-refractivity contribution is -0.135. The van der Waals surface area contributed by atoms with E-state index in [-0.39, 0.29) is 11.8 Å². The van der Waals surface area contributed by atoms with Crippen LogP contribution in [0.4, 0.5) is 0 Å². The van der Waals surface area contributed by atoms with Gasteiger partial charge in [-0.1, -0.05) is 18.2 Å². The normalized spacial score (nSPS) is 15.6. The third kappa shape index (κ3) is 3.60. The first-order valence-electron chi connectivity index (χ1n) is 9.59. The van der Waals surface area contributed by atoms with Crippen LogP contribution in [0.25, 0.3) is 5.65 Å². The third-order valence-corrected chi connectivity index (χ3v) is 5.31. The van der Waals surface area contributed by atoms with E-state index in [1.807, 2.05) is 54.5 Å². The van der Waals surface area contributed by atoms with E-state index < -0.39 is 0 Å². The quantitative estimate of drug-likeness (QED) is 0.684. The van der Waals surface area contributed by atoms with Gasteiger partial charge in [0.05, 0.1) is 26.0 Å². The highest BCUT2D eigenvalue weighted by molar-refractivity contribution is 5.78. The molecule has 2 aromatic heterocycles. The van der Waals surface area contributed by atoms with Crippen LogP contribution in [0.2, 0.25) is 0 Å². The highest BCUT2D eigenvalue weighted by Crippen LogP contribution is 2.35. The maximum atomic E-state index is 13.1. The van der Waals surface area contributed by atoms with Gasteiger partial charge in [0.15, 0.2) is 0 Å². The summed E-state index contributed by atoms with van der Waals surface area (Å²) in [6, 6.07) is 12.0. The van der Waals surface area contributed by atoms with Crippen molar-refractivity contribution in [1.82, 2.24) is 14.3 Å². The Bertz CT molecular complexity index is 976. The van der Waals surface area contributed by atoms with Crippen LogP contribution < -0.4 is 4.74 Å². The van der Waals surface area contributed by atoms with Crippen LogP contribution in [0.5, 0.6) is 5.75 Å². The number of methoxy groups -OCH3 is 1. The van der Waals surface area contributed by atoms with Gasteiger partial charge < -0.3 is 18.8 Å². The molecule has 1 fully saturated rings. The molecule has 3 aromatic rings. The lowest BCUT2D eigenvalue weighted by atomic mass is 9.91. The fourth-order valence-corrected chi connectivity index (χ4v) is 3.80. The second-order valence-electron chi connectivity index (χ2n) is 7.11. The number of pyridine rings is 1. The molecule has 1 aliphatic rings. The molecule has 146 valence electrons. The predicted molar refractivity (Wildman–Crippen MR) is 107 cm³/mol. The number of para-hydroxylation sites is 1. The fraction of sp³-hybridized carbons (Fsp3) is 0.364. The molecule has 1 aromatic carbocycles. The number of fused-ring (bicyclic) bond motifs is 1. The Balaban J connectivity index is 1.75. The molecule has 0 saturated carbocycles. The van der Waals surface area contributed by atoms with Crippen molar-refractivity contribution in [3.05, 3.63) is 65.6 Å². The van der Waals surface area contributed by atoms with Gasteiger partial charge in [-0.05, 0) is 30.7 Å². The Morgan fingerprint density at radius 3 is 2.82 bits per heavy atom. The number of rotatable bonds is 5. The Hall–Kier alpha value is -2.86. The van der Waals surface area contributed by atoms with Gasteiger partial charge in [0.2, 0.25) is 5.91 Å². The summed E-state index contributed by atoms with van der Waals surface area (Å²) in [6.45, 7) is 4.53. The molecule has 28 heavy (non-hydrogen) atoms. The minimum absolute atomic E-state index is 0.126. The third-order valence-electron chi connectivity index (χ3n) is 5.31. The van der Waals surface area contributed by atoms with Gasteiger partial charge >= 0.3 is 0 Å². The highest BCUT2D eigenvalue weighted by atomic mass is 16.5. The average molecular weight is 379 g/mol. The fourth-order valence-electron chi connectivity index (χ4n) is 3.80. The zero-order valence-corrected chi connectivity index (χ0v) is 16.3. The van der Waals surface area contributed by atoms with Gasteiger partial charge in [0.25, 0.3) is 0 Å². The summed E-state index contributed by atoms with van der Waals surface area (Å²) >= 11 is 0. The summed E-state index contributed by atoms with van der Waals surface area (Å²) in [5.41, 5.74) is 4.02. The number of aryl methyl sites for hydroxylation is 1. The van der Waals surface area contributed by atoms with Crippen molar-refractivity contribution in [2.45, 2.75) is 19.3 Å². The zero-order chi connectivity index (χ0) is 19.5. The number of aromatic nitrogens is 2. The average Bonchev–Trinajstić information content (AvgIpc) is 3.15. The van der Waals surface area contributed by atoms with E-state index in [2.05, 4.69) is 15.5 Å². The zero-order valence-electron chi connectivity index (χ0n) is 16.3. The molecule has 0 spiro atoms. The summed E-state index contributed by atoms with van der Waals surface area (Å²) < 4.78 is 13.1. The van der Waals surface area contributed by atoms with Crippen LogP contribution in [0, 0.1) is 6.92 Å². The van der Waals surface area contributed by atoms with Crippen LogP contribution in [0.15, 0.2) is 48.8 Å². The summed E-state index contributed by atoms with van der Waals surface area (Å²) in [7, 11) is 1.66. The first-order valence-corrected chi connectivity index (χ1v) is 9.59. The van der Waals surface area contributed by atoms with Crippen molar-refractivity contribution in [1.29, 1.82) is 0 Å². The summed E-state index contributed by atoms with van der Waals surface area (Å²) in [6.07, 6.45) is 4.26. The van der Waals surface area contributed by atoms with Crippen molar-refractivity contribution in [2.75, 3.05) is 33.4 Å². The van der Waals surface area contributed by atoms with Crippen molar-refractivity contribution < 1.29 is 14.3 Å². The highest BCUT2D eigenvalue weighted by Gasteiger charge is 2.27. The van der Waals surface area contributed by atoms with Crippen LogP contribution in [-0.2, 0) is 9.53 Å². The van der Waals surface area contributed by atoms with Crippen LogP contribution in [-0.4, -0.2) is 53.6 Å². The molecule has 0 N–H and O–H groups in total. The van der Waals surface area contributed by atoms with Crippen molar-refractivity contribution >= 4 is 11.6 Å². The van der Waals surface area contributed by atoms with Crippen LogP contribution in [0.1, 0.15) is 29.2 Å². The lowest BCUT2D eigenvalue weighted by Crippen LogP contribution is -2.41. The Morgan fingerprint density at radius 1 is 1.25 bits per heavy atom. The Morgan fingerprint density at radius 2 is 2.04 bits per heavy atom. The molecule has 1 aliphatic heterocycles. The van der Waals surface area contributed by atoms with E-state index in [9.17, 15) is 4.79 Å². The second kappa shape index (κ2) is 8.02. The van der Waals surface area contributed by atoms with E-state index in [4.69, 9.17) is 9.47 Å². The van der Waals surface area contributed by atoms with Crippen molar-refractivity contribution in [3.63, 3.8) is 0 Å². The van der Waals surface area contributed by atoms with E-state index in [1.165, 1.54) is 0 Å². The standard InChI is InChI=1S/C22H25N3O3/c1-16-7-8-25-19(15-23-21(25)13-16)18(17-5-3-4-6-20(17)27-2)14-22(26)24-9-11-28-12-10-24/h3-8,13,15,18H,9-12,14H2,1-2H3. The van der Waals surface area contributed by atoms with Gasteiger partial charge in [-0.2, -0.15) is 0 Å². The van der Waals surface area contributed by atoms with Crippen molar-refractivity contribution in [2.24, 2.45) is 0 Å². The van der Waals surface area contributed by atoms with E-state index in [0.29, 0.717) is 32.7 Å². The number of imidazole rings is 1. The molecule has 1 unspecified atom stereocenters. The summed E-state index contributed by atoms with van der Waals surface area (Å²) in [5, 5.41) is 0. The molecule has 4 rings (SSSR count). The molecule has 1 amide bonds. The predicted octanol–water partition coefficient (Wildman–Crippen LogP) is 3.03. The topological polar surface area (TPSA) is 56.1 Å². The number of amides is 1. The molecule has 6 nitrogen and oxygen atoms in total. The van der Waals surface area contributed by atoms with E-state index in [0.717, 1.165) is 28.2 Å². The Kier molecular flexibility index (Phi) is 5.30. The number of morpholine rings is 1. The number of carbonyl (C=O) groups is 1. The summed E-state index contributed by atoms with van der Waals surface area (Å²) in [5.74, 6) is 0.759. The van der Waals surface area contributed by atoms with E-state index in [1.54, 1.807) is 7.11 Å². The largest absolute Gasteiger partial charge is 0.496 e. The molecule has 0 bridgehead atoms. The SMILES string of the molecule is COc1ccccc1C(CC(=O)N1CCOCC1)c1cnc2cc(C)ccn12. The maximum Gasteiger partial charge on any atom is 0.223 e. The van der Waals surface area contributed by atoms with Gasteiger partial charge in [-0.15, -0.1) is 0 Å². The lowest BCUT2D eigenvalue weighted by Gasteiger charge is -2.29. The Labute approximate surface area is 164 Å². The molecule has 1 atom stereocenters. The smallest absolute Gasteiger partial charge is 0.223 e. The number of benzene rings is 1. The van der Waals surface area contributed by atoms with Crippen LogP contribution in [0.3, 0.4) is 0 Å². The number of carbonyl (C=O) groups excluding carboxylic acids is 1.